The van der Waals surface area contributed by atoms with Gasteiger partial charge in [-0.1, -0.05) is 26.0 Å². The molecule has 2 rings (SSSR count). The number of rotatable bonds is 24. The Hall–Kier alpha value is -6.03. The normalized spacial score (nSPS) is 16.2. The summed E-state index contributed by atoms with van der Waals surface area (Å²) in [7, 11) is 0. The molecular formula is C36H57N11O11. The predicted octanol–water partition coefficient (Wildman–Crippen LogP) is -4.25. The first-order valence-corrected chi connectivity index (χ1v) is 18.8. The van der Waals surface area contributed by atoms with Crippen LogP contribution in [0.25, 0.3) is 0 Å². The second kappa shape index (κ2) is 23.9. The van der Waals surface area contributed by atoms with Crippen LogP contribution in [0.4, 0.5) is 0 Å². The van der Waals surface area contributed by atoms with E-state index in [9.17, 15) is 53.7 Å². The van der Waals surface area contributed by atoms with Gasteiger partial charge in [0.25, 0.3) is 0 Å². The Bertz CT molecular complexity index is 1640. The van der Waals surface area contributed by atoms with E-state index in [0.29, 0.717) is 18.4 Å². The third-order valence-electron chi connectivity index (χ3n) is 9.03. The van der Waals surface area contributed by atoms with Gasteiger partial charge in [0, 0.05) is 25.9 Å². The quantitative estimate of drug-likeness (QED) is 0.0267. The average molecular weight is 820 g/mol. The van der Waals surface area contributed by atoms with Crippen LogP contribution in [0.5, 0.6) is 5.75 Å². The van der Waals surface area contributed by atoms with E-state index in [1.807, 2.05) is 0 Å². The monoisotopic (exact) mass is 819 g/mol. The number of phenolic OH excluding ortho intramolecular Hbond substituents is 1. The van der Waals surface area contributed by atoms with Crippen molar-refractivity contribution in [2.45, 2.75) is 101 Å². The van der Waals surface area contributed by atoms with Crippen molar-refractivity contribution >= 4 is 53.3 Å². The first-order valence-electron chi connectivity index (χ1n) is 18.8. The fraction of sp³-hybridized carbons (Fsp3) is 0.583. The van der Waals surface area contributed by atoms with Gasteiger partial charge in [-0.25, -0.2) is 4.79 Å². The van der Waals surface area contributed by atoms with Crippen molar-refractivity contribution in [3.05, 3.63) is 29.8 Å². The molecule has 7 amide bonds. The van der Waals surface area contributed by atoms with E-state index in [1.54, 1.807) is 13.8 Å². The molecule has 6 atom stereocenters. The number of aromatic hydroxyl groups is 1. The largest absolute Gasteiger partial charge is 0.508 e. The number of aliphatic imine (C=N–C) groups is 1. The highest BCUT2D eigenvalue weighted by atomic mass is 16.4. The van der Waals surface area contributed by atoms with Crippen molar-refractivity contribution in [3.63, 3.8) is 0 Å². The number of aliphatic hydroxyl groups excluding tert-OH is 1. The SMILES string of the molecule is CC(C)CC(NC(=O)C1CCCN1C(=O)C(CO)NC(=O)C(Cc1ccc(O)cc1)NC(=O)CNC(=O)C(CCC(N)=O)NC(=O)C(N)CCCN=C(N)N)C(=O)O. The number of nitrogens with one attached hydrogen (secondary N) is 5. The zero-order chi connectivity index (χ0) is 43.5. The van der Waals surface area contributed by atoms with E-state index < -0.39 is 96.7 Å². The van der Waals surface area contributed by atoms with E-state index in [4.69, 9.17) is 22.9 Å². The van der Waals surface area contributed by atoms with Crippen LogP contribution in [0.2, 0.25) is 0 Å². The summed E-state index contributed by atoms with van der Waals surface area (Å²) >= 11 is 0. The Morgan fingerprint density at radius 3 is 2.10 bits per heavy atom. The standard InChI is InChI=1S/C36H57N11O11/c1-19(2)15-25(35(57)58)45-33(55)27-6-4-14-47(27)34(56)26(18-48)46-32(54)24(16-20-7-9-21(49)10-8-20)43-29(51)17-42-31(53)23(11-12-28(38)50)44-30(52)22(37)5-3-13-41-36(39)40/h7-10,19,22-27,48-49H,3-6,11-18,37H2,1-2H3,(H2,38,50)(H,42,53)(H,43,51)(H,44,52)(H,45,55)(H,46,54)(H,57,58)(H4,39,40,41). The molecule has 16 N–H and O–H groups in total. The number of carboxylic acids is 1. The maximum Gasteiger partial charge on any atom is 0.326 e. The first kappa shape index (κ1) is 48.1. The highest BCUT2D eigenvalue weighted by Crippen LogP contribution is 2.20. The Kier molecular flexibility index (Phi) is 19.8. The molecule has 58 heavy (non-hydrogen) atoms. The molecule has 322 valence electrons. The minimum absolute atomic E-state index is 0.0507. The summed E-state index contributed by atoms with van der Waals surface area (Å²) in [6.45, 7) is 2.27. The summed E-state index contributed by atoms with van der Waals surface area (Å²) in [5, 5.41) is 41.6. The molecule has 0 spiro atoms. The number of guanidine groups is 1. The average Bonchev–Trinajstić information content (AvgIpc) is 3.66. The number of aliphatic hydroxyl groups is 1. The molecule has 1 aromatic carbocycles. The molecule has 1 aliphatic heterocycles. The second-order valence-corrected chi connectivity index (χ2v) is 14.3. The van der Waals surface area contributed by atoms with Crippen LogP contribution in [0.3, 0.4) is 0 Å². The van der Waals surface area contributed by atoms with Crippen molar-refractivity contribution < 1.29 is 53.7 Å². The van der Waals surface area contributed by atoms with Gasteiger partial charge in [-0.2, -0.15) is 0 Å². The van der Waals surface area contributed by atoms with Gasteiger partial charge >= 0.3 is 5.97 Å². The maximum atomic E-state index is 13.7. The van der Waals surface area contributed by atoms with Gasteiger partial charge in [0.2, 0.25) is 41.4 Å². The number of aliphatic carboxylic acids is 1. The Morgan fingerprint density at radius 2 is 1.52 bits per heavy atom. The molecule has 0 radical (unpaired) electrons. The highest BCUT2D eigenvalue weighted by Gasteiger charge is 2.39. The molecule has 1 fully saturated rings. The zero-order valence-electron chi connectivity index (χ0n) is 32.6. The number of likely N-dealkylation sites (tertiary alicyclic amines) is 1. The summed E-state index contributed by atoms with van der Waals surface area (Å²) < 4.78 is 0. The van der Waals surface area contributed by atoms with E-state index in [0.717, 1.165) is 4.90 Å². The van der Waals surface area contributed by atoms with Gasteiger partial charge in [0.1, 0.15) is 36.0 Å². The number of phenols is 1. The molecule has 1 saturated heterocycles. The lowest BCUT2D eigenvalue weighted by atomic mass is 10.0. The molecule has 22 nitrogen and oxygen atoms in total. The van der Waals surface area contributed by atoms with Crippen LogP contribution < -0.4 is 49.5 Å². The van der Waals surface area contributed by atoms with E-state index in [1.165, 1.54) is 24.3 Å². The number of carboxylic acid groups (broad SMARTS) is 1. The third-order valence-corrected chi connectivity index (χ3v) is 9.03. The molecule has 0 aliphatic carbocycles. The summed E-state index contributed by atoms with van der Waals surface area (Å²) in [6, 6.07) is -1.99. The van der Waals surface area contributed by atoms with E-state index >= 15 is 0 Å². The number of carbonyl (C=O) groups is 8. The fourth-order valence-corrected chi connectivity index (χ4v) is 6.02. The number of amides is 7. The highest BCUT2D eigenvalue weighted by molar-refractivity contribution is 5.96. The number of primary amides is 1. The lowest BCUT2D eigenvalue weighted by molar-refractivity contribution is -0.145. The summed E-state index contributed by atoms with van der Waals surface area (Å²) in [6.07, 6.45) is 0.552. The van der Waals surface area contributed by atoms with Crippen molar-refractivity contribution in [3.8, 4) is 5.75 Å². The predicted molar refractivity (Wildman–Crippen MR) is 208 cm³/mol. The first-order chi connectivity index (χ1) is 27.3. The number of benzene rings is 1. The number of hydrogen-bond donors (Lipinski definition) is 12. The number of hydrogen-bond acceptors (Lipinski definition) is 12. The van der Waals surface area contributed by atoms with Gasteiger partial charge < -0.3 is 69.7 Å². The lowest BCUT2D eigenvalue weighted by Crippen LogP contribution is -2.59. The van der Waals surface area contributed by atoms with Crippen molar-refractivity contribution in [2.24, 2.45) is 33.8 Å². The summed E-state index contributed by atoms with van der Waals surface area (Å²) in [5.41, 5.74) is 22.2. The summed E-state index contributed by atoms with van der Waals surface area (Å²) in [4.78, 5) is 108. The molecule has 1 heterocycles. The maximum absolute atomic E-state index is 13.7. The van der Waals surface area contributed by atoms with Crippen LogP contribution >= 0.6 is 0 Å². The second-order valence-electron chi connectivity index (χ2n) is 14.3. The van der Waals surface area contributed by atoms with Gasteiger partial charge in [-0.3, -0.25) is 38.6 Å². The van der Waals surface area contributed by atoms with Crippen molar-refractivity contribution in [1.29, 1.82) is 0 Å². The lowest BCUT2D eigenvalue weighted by Gasteiger charge is -2.30. The number of nitrogens with zero attached hydrogens (tertiary/aromatic N) is 2. The molecular weight excluding hydrogens is 762 g/mol. The number of carbonyl (C=O) groups excluding carboxylic acids is 7. The molecule has 1 aromatic rings. The van der Waals surface area contributed by atoms with Crippen LogP contribution in [0, 0.1) is 5.92 Å². The van der Waals surface area contributed by atoms with Gasteiger partial charge in [-0.05, 0) is 62.1 Å². The smallest absolute Gasteiger partial charge is 0.326 e. The Balaban J connectivity index is 2.17. The van der Waals surface area contributed by atoms with Gasteiger partial charge in [0.05, 0.1) is 19.2 Å². The Morgan fingerprint density at radius 1 is 0.862 bits per heavy atom. The third kappa shape index (κ3) is 16.6. The van der Waals surface area contributed by atoms with E-state index in [2.05, 4.69) is 31.6 Å². The topological polar surface area (TPSA) is 377 Å². The van der Waals surface area contributed by atoms with Crippen LogP contribution in [-0.4, -0.2) is 136 Å². The zero-order valence-corrected chi connectivity index (χ0v) is 32.6. The van der Waals surface area contributed by atoms with Crippen molar-refractivity contribution in [1.82, 2.24) is 31.5 Å². The Labute approximate surface area is 335 Å². The minimum Gasteiger partial charge on any atom is -0.508 e. The van der Waals surface area contributed by atoms with Crippen molar-refractivity contribution in [2.75, 3.05) is 26.2 Å². The summed E-state index contributed by atoms with van der Waals surface area (Å²) in [5.74, 6) is -7.17. The van der Waals surface area contributed by atoms with Gasteiger partial charge in [-0.15, -0.1) is 0 Å². The molecule has 1 aliphatic rings. The fourth-order valence-electron chi connectivity index (χ4n) is 6.02. The molecule has 0 aromatic heterocycles. The van der Waals surface area contributed by atoms with Crippen LogP contribution in [0.1, 0.15) is 64.4 Å². The molecule has 22 heteroatoms. The molecule has 0 saturated carbocycles. The molecule has 0 bridgehead atoms. The number of nitrogens with two attached hydrogens (primary N) is 4. The molecule has 6 unspecified atom stereocenters. The van der Waals surface area contributed by atoms with Crippen LogP contribution in [-0.2, 0) is 44.8 Å². The van der Waals surface area contributed by atoms with Crippen LogP contribution in [0.15, 0.2) is 29.3 Å². The van der Waals surface area contributed by atoms with Gasteiger partial charge in [0.15, 0.2) is 5.96 Å². The minimum atomic E-state index is -1.57. The van der Waals surface area contributed by atoms with E-state index in [-0.39, 0.29) is 69.2 Å².